The molecule has 8 nitrogen and oxygen atoms in total. The Labute approximate surface area is 162 Å². The first kappa shape index (κ1) is 20.2. The SMILES string of the molecule is N#CC(C#N)=C1Nc2c(c(C(F)(F)F)c3c(c2C(F)(F)F)OC(=C(C#N)C#N)N3)O1. The molecule has 3 rings (SSSR count). The van der Waals surface area contributed by atoms with Gasteiger partial charge in [0.1, 0.15) is 46.8 Å². The van der Waals surface area contributed by atoms with Gasteiger partial charge in [0, 0.05) is 0 Å². The number of alkyl halides is 6. The highest BCUT2D eigenvalue weighted by Gasteiger charge is 2.52. The molecule has 0 unspecified atom stereocenters. The smallest absolute Gasteiger partial charge is 0.422 e. The van der Waals surface area contributed by atoms with E-state index in [1.807, 2.05) is 10.6 Å². The van der Waals surface area contributed by atoms with E-state index >= 15 is 0 Å². The van der Waals surface area contributed by atoms with Crippen molar-refractivity contribution in [2.45, 2.75) is 12.4 Å². The molecule has 2 N–H and O–H groups in total. The molecule has 1 aromatic rings. The van der Waals surface area contributed by atoms with Crippen LogP contribution in [0.4, 0.5) is 37.7 Å². The number of hydrogen-bond acceptors (Lipinski definition) is 8. The number of nitrogens with one attached hydrogen (secondary N) is 2. The van der Waals surface area contributed by atoms with Crippen molar-refractivity contribution in [1.29, 1.82) is 21.0 Å². The van der Waals surface area contributed by atoms with Gasteiger partial charge in [-0.15, -0.1) is 0 Å². The maximum atomic E-state index is 13.7. The number of benzene rings is 1. The Balaban J connectivity index is 2.43. The van der Waals surface area contributed by atoms with Crippen molar-refractivity contribution in [2.75, 3.05) is 10.6 Å². The lowest BCUT2D eigenvalue weighted by Crippen LogP contribution is -2.13. The zero-order valence-corrected chi connectivity index (χ0v) is 13.9. The van der Waals surface area contributed by atoms with Crippen LogP contribution in [0, 0.1) is 45.3 Å². The highest BCUT2D eigenvalue weighted by Crippen LogP contribution is 2.60. The largest absolute Gasteiger partial charge is 0.436 e. The number of halogens is 6. The van der Waals surface area contributed by atoms with Gasteiger partial charge in [0.25, 0.3) is 0 Å². The van der Waals surface area contributed by atoms with E-state index in [1.54, 1.807) is 0 Å². The van der Waals surface area contributed by atoms with Gasteiger partial charge in [-0.25, -0.2) is 0 Å². The number of allylic oxidation sites excluding steroid dienone is 2. The fraction of sp³-hybridized carbons (Fsp3) is 0.125. The summed E-state index contributed by atoms with van der Waals surface area (Å²) in [5.41, 5.74) is -7.82. The van der Waals surface area contributed by atoms with Crippen LogP contribution in [0.2, 0.25) is 0 Å². The van der Waals surface area contributed by atoms with Gasteiger partial charge in [-0.05, 0) is 0 Å². The second kappa shape index (κ2) is 6.50. The van der Waals surface area contributed by atoms with Crippen LogP contribution < -0.4 is 20.1 Å². The summed E-state index contributed by atoms with van der Waals surface area (Å²) in [5.74, 6) is -4.58. The molecule has 0 aliphatic carbocycles. The molecule has 0 saturated carbocycles. The molecule has 0 radical (unpaired) electrons. The molecular weight excluding hydrogens is 422 g/mol. The van der Waals surface area contributed by atoms with E-state index < -0.39 is 69.3 Å². The summed E-state index contributed by atoms with van der Waals surface area (Å²) in [5, 5.41) is 39.1. The molecule has 30 heavy (non-hydrogen) atoms. The van der Waals surface area contributed by atoms with Gasteiger partial charge >= 0.3 is 12.4 Å². The molecule has 2 aliphatic rings. The third-order valence-corrected chi connectivity index (χ3v) is 3.76. The van der Waals surface area contributed by atoms with Crippen LogP contribution in [0.3, 0.4) is 0 Å². The van der Waals surface area contributed by atoms with E-state index in [1.165, 1.54) is 24.3 Å². The van der Waals surface area contributed by atoms with Crippen molar-refractivity contribution >= 4 is 11.4 Å². The molecule has 0 fully saturated rings. The predicted molar refractivity (Wildman–Crippen MR) is 81.5 cm³/mol. The highest BCUT2D eigenvalue weighted by molar-refractivity contribution is 5.87. The molecular formula is C16H2F6N6O2. The van der Waals surface area contributed by atoms with Crippen LogP contribution in [0.25, 0.3) is 0 Å². The average Bonchev–Trinajstić information content (AvgIpc) is 3.23. The molecule has 150 valence electrons. The molecule has 0 spiro atoms. The minimum Gasteiger partial charge on any atom is -0.436 e. The lowest BCUT2D eigenvalue weighted by molar-refractivity contribution is -0.141. The Morgan fingerprint density at radius 2 is 0.933 bits per heavy atom. The first-order chi connectivity index (χ1) is 14.0. The second-order valence-corrected chi connectivity index (χ2v) is 5.46. The zero-order chi connectivity index (χ0) is 22.4. The molecule has 0 atom stereocenters. The van der Waals surface area contributed by atoms with E-state index in [-0.39, 0.29) is 0 Å². The fourth-order valence-electron chi connectivity index (χ4n) is 2.65. The van der Waals surface area contributed by atoms with Crippen molar-refractivity contribution in [2.24, 2.45) is 0 Å². The topological polar surface area (TPSA) is 138 Å². The van der Waals surface area contributed by atoms with Crippen molar-refractivity contribution in [3.8, 4) is 35.8 Å². The van der Waals surface area contributed by atoms with Crippen LogP contribution >= 0.6 is 0 Å². The van der Waals surface area contributed by atoms with Crippen molar-refractivity contribution in [3.63, 3.8) is 0 Å². The quantitative estimate of drug-likeness (QED) is 0.473. The molecule has 0 bridgehead atoms. The number of rotatable bonds is 0. The maximum Gasteiger partial charge on any atom is 0.422 e. The summed E-state index contributed by atoms with van der Waals surface area (Å²) >= 11 is 0. The van der Waals surface area contributed by atoms with Crippen LogP contribution in [-0.4, -0.2) is 0 Å². The minimum atomic E-state index is -5.31. The lowest BCUT2D eigenvalue weighted by atomic mass is 10.0. The molecule has 1 aromatic carbocycles. The van der Waals surface area contributed by atoms with Crippen molar-refractivity contribution in [3.05, 3.63) is 34.0 Å². The average molecular weight is 424 g/mol. The molecule has 2 heterocycles. The Kier molecular flexibility index (Phi) is 4.37. The summed E-state index contributed by atoms with van der Waals surface area (Å²) in [7, 11) is 0. The van der Waals surface area contributed by atoms with Crippen LogP contribution in [0.5, 0.6) is 11.5 Å². The second-order valence-electron chi connectivity index (χ2n) is 5.46. The number of hydrogen-bond donors (Lipinski definition) is 2. The monoisotopic (exact) mass is 424 g/mol. The van der Waals surface area contributed by atoms with Crippen molar-refractivity contribution in [1.82, 2.24) is 0 Å². The van der Waals surface area contributed by atoms with Gasteiger partial charge in [0.05, 0.1) is 0 Å². The summed E-state index contributed by atoms with van der Waals surface area (Å²) in [6, 6.07) is 5.13. The summed E-state index contributed by atoms with van der Waals surface area (Å²) in [6.07, 6.45) is -10.6. The summed E-state index contributed by atoms with van der Waals surface area (Å²) in [6.45, 7) is 0. The van der Waals surface area contributed by atoms with E-state index in [2.05, 4.69) is 0 Å². The third-order valence-electron chi connectivity index (χ3n) is 3.76. The van der Waals surface area contributed by atoms with Crippen molar-refractivity contribution < 1.29 is 35.8 Å². The van der Waals surface area contributed by atoms with Gasteiger partial charge in [-0.2, -0.15) is 47.4 Å². The van der Waals surface area contributed by atoms with Gasteiger partial charge < -0.3 is 20.1 Å². The highest BCUT2D eigenvalue weighted by atomic mass is 19.4. The molecule has 2 aliphatic heterocycles. The summed E-state index contributed by atoms with van der Waals surface area (Å²) < 4.78 is 92.0. The molecule has 0 aromatic heterocycles. The lowest BCUT2D eigenvalue weighted by Gasteiger charge is -2.18. The number of fused-ring (bicyclic) bond motifs is 2. The Bertz CT molecular complexity index is 1050. The molecule has 0 amide bonds. The van der Waals surface area contributed by atoms with E-state index in [9.17, 15) is 26.3 Å². The van der Waals surface area contributed by atoms with Gasteiger partial charge in [0.2, 0.25) is 11.8 Å². The fourth-order valence-corrected chi connectivity index (χ4v) is 2.65. The zero-order valence-electron chi connectivity index (χ0n) is 13.9. The Morgan fingerprint density at radius 3 is 1.17 bits per heavy atom. The van der Waals surface area contributed by atoms with Crippen LogP contribution in [-0.2, 0) is 12.4 Å². The minimum absolute atomic E-state index is 0.904. The third kappa shape index (κ3) is 2.93. The molecule has 14 heteroatoms. The van der Waals surface area contributed by atoms with E-state index in [0.717, 1.165) is 0 Å². The Morgan fingerprint density at radius 1 is 0.633 bits per heavy atom. The number of nitrogens with zero attached hydrogens (tertiary/aromatic N) is 4. The van der Waals surface area contributed by atoms with Gasteiger partial charge in [-0.1, -0.05) is 0 Å². The van der Waals surface area contributed by atoms with Crippen LogP contribution in [0.15, 0.2) is 22.9 Å². The predicted octanol–water partition coefficient (Wildman–Crippen LogP) is 3.85. The number of ether oxygens (including phenoxy) is 2. The summed E-state index contributed by atoms with van der Waals surface area (Å²) in [4.78, 5) is 0. The standard InChI is InChI=1S/C16H2F6N6O2/c17-15(18,19)7-9-11(29-13(27-9)5(1-23)2-24)8(16(20,21)22)10-12(7)30-14(28-10)6(3-25)4-26/h27-28H. The normalized spacial score (nSPS) is 13.8. The van der Waals surface area contributed by atoms with Gasteiger partial charge in [0.15, 0.2) is 22.6 Å². The first-order valence-electron chi connectivity index (χ1n) is 7.34. The first-order valence-corrected chi connectivity index (χ1v) is 7.34. The van der Waals surface area contributed by atoms with E-state index in [0.29, 0.717) is 0 Å². The number of nitriles is 4. The van der Waals surface area contributed by atoms with Gasteiger partial charge in [-0.3, -0.25) is 0 Å². The maximum absolute atomic E-state index is 13.7. The van der Waals surface area contributed by atoms with Crippen LogP contribution in [0.1, 0.15) is 11.1 Å². The van der Waals surface area contributed by atoms with E-state index in [4.69, 9.17) is 30.5 Å². The Hall–Kier alpha value is -4.56. The molecule has 0 saturated heterocycles. The number of anilines is 2.